The molecule has 4 nitrogen and oxygen atoms in total. The van der Waals surface area contributed by atoms with Crippen LogP contribution in [0.25, 0.3) is 31.8 Å². The van der Waals surface area contributed by atoms with Gasteiger partial charge in [0.2, 0.25) is 0 Å². The highest BCUT2D eigenvalue weighted by molar-refractivity contribution is 7.22. The molecular formula is C17H7ClF2N4S. The normalized spacial score (nSPS) is 11.0. The van der Waals surface area contributed by atoms with Crippen LogP contribution in [0.4, 0.5) is 8.78 Å². The SMILES string of the molecule is N#Cc1[nH]nnc1-c1cc(Cl)cc(-c2cc3cc(F)cc(F)c3s2)c1. The molecule has 0 radical (unpaired) electrons. The van der Waals surface area contributed by atoms with E-state index in [1.54, 1.807) is 24.3 Å². The van der Waals surface area contributed by atoms with E-state index in [0.29, 0.717) is 26.4 Å². The third kappa shape index (κ3) is 2.76. The second kappa shape index (κ2) is 5.92. The number of fused-ring (bicyclic) bond motifs is 1. The maximum absolute atomic E-state index is 13.9. The lowest BCUT2D eigenvalue weighted by Gasteiger charge is -2.03. The summed E-state index contributed by atoms with van der Waals surface area (Å²) in [5.41, 5.74) is 1.93. The molecule has 0 saturated heterocycles. The van der Waals surface area contributed by atoms with Crippen LogP contribution in [-0.4, -0.2) is 15.4 Å². The number of aromatic amines is 1. The average Bonchev–Trinajstić information content (AvgIpc) is 3.20. The number of nitriles is 1. The molecule has 4 aromatic rings. The summed E-state index contributed by atoms with van der Waals surface area (Å²) in [6.45, 7) is 0. The van der Waals surface area contributed by atoms with Gasteiger partial charge >= 0.3 is 0 Å². The number of halogens is 3. The lowest BCUT2D eigenvalue weighted by atomic mass is 10.1. The van der Waals surface area contributed by atoms with Gasteiger partial charge in [0.1, 0.15) is 23.4 Å². The van der Waals surface area contributed by atoms with Crippen molar-refractivity contribution in [3.8, 4) is 27.8 Å². The monoisotopic (exact) mass is 372 g/mol. The van der Waals surface area contributed by atoms with Crippen LogP contribution in [0.3, 0.4) is 0 Å². The first kappa shape index (κ1) is 15.7. The van der Waals surface area contributed by atoms with Gasteiger partial charge in [0.05, 0.1) is 4.70 Å². The van der Waals surface area contributed by atoms with Crippen molar-refractivity contribution in [3.63, 3.8) is 0 Å². The Morgan fingerprint density at radius 3 is 2.68 bits per heavy atom. The van der Waals surface area contributed by atoms with Gasteiger partial charge in [-0.2, -0.15) is 5.26 Å². The zero-order chi connectivity index (χ0) is 17.6. The van der Waals surface area contributed by atoms with Crippen molar-refractivity contribution in [1.82, 2.24) is 15.4 Å². The first-order valence-electron chi connectivity index (χ1n) is 7.06. The Labute approximate surface area is 149 Å². The van der Waals surface area contributed by atoms with Crippen molar-refractivity contribution in [1.29, 1.82) is 5.26 Å². The van der Waals surface area contributed by atoms with E-state index in [4.69, 9.17) is 16.9 Å². The number of hydrogen-bond acceptors (Lipinski definition) is 4. The summed E-state index contributed by atoms with van der Waals surface area (Å²) in [5, 5.41) is 20.1. The number of benzene rings is 2. The third-order valence-corrected chi connectivity index (χ3v) is 5.08. The topological polar surface area (TPSA) is 65.4 Å². The van der Waals surface area contributed by atoms with Crippen molar-refractivity contribution in [3.05, 3.63) is 58.7 Å². The minimum atomic E-state index is -0.623. The van der Waals surface area contributed by atoms with Crippen LogP contribution >= 0.6 is 22.9 Å². The zero-order valence-electron chi connectivity index (χ0n) is 12.3. The Balaban J connectivity index is 1.89. The minimum absolute atomic E-state index is 0.220. The lowest BCUT2D eigenvalue weighted by Crippen LogP contribution is -1.84. The third-order valence-electron chi connectivity index (χ3n) is 3.65. The first-order valence-corrected chi connectivity index (χ1v) is 8.25. The summed E-state index contributed by atoms with van der Waals surface area (Å²) in [6, 6.07) is 11.0. The fraction of sp³-hybridized carbons (Fsp3) is 0. The molecular weight excluding hydrogens is 366 g/mol. The van der Waals surface area contributed by atoms with E-state index in [1.165, 1.54) is 17.4 Å². The van der Waals surface area contributed by atoms with Crippen LogP contribution in [-0.2, 0) is 0 Å². The van der Waals surface area contributed by atoms with Gasteiger partial charge in [-0.3, -0.25) is 0 Å². The molecule has 4 rings (SSSR count). The van der Waals surface area contributed by atoms with E-state index in [9.17, 15) is 8.78 Å². The van der Waals surface area contributed by atoms with Crippen LogP contribution in [0.1, 0.15) is 5.69 Å². The molecule has 1 N–H and O–H groups in total. The molecule has 0 spiro atoms. The molecule has 2 aromatic carbocycles. The summed E-state index contributed by atoms with van der Waals surface area (Å²) >= 11 is 7.40. The molecule has 0 bridgehead atoms. The molecule has 0 atom stereocenters. The fourth-order valence-corrected chi connectivity index (χ4v) is 3.86. The van der Waals surface area contributed by atoms with Gasteiger partial charge < -0.3 is 0 Å². The van der Waals surface area contributed by atoms with Crippen LogP contribution in [0.2, 0.25) is 5.02 Å². The van der Waals surface area contributed by atoms with Gasteiger partial charge in [0.25, 0.3) is 0 Å². The number of hydrogen-bond donors (Lipinski definition) is 1. The number of nitrogens with zero attached hydrogens (tertiary/aromatic N) is 3. The molecule has 0 aliphatic rings. The molecule has 2 heterocycles. The molecule has 122 valence electrons. The number of aromatic nitrogens is 3. The highest BCUT2D eigenvalue weighted by Crippen LogP contribution is 2.38. The maximum atomic E-state index is 13.9. The number of rotatable bonds is 2. The summed E-state index contributed by atoms with van der Waals surface area (Å²) in [6.07, 6.45) is 0. The summed E-state index contributed by atoms with van der Waals surface area (Å²) < 4.78 is 27.7. The molecule has 0 unspecified atom stereocenters. The molecule has 8 heteroatoms. The van der Waals surface area contributed by atoms with Crippen LogP contribution in [0, 0.1) is 23.0 Å². The average molecular weight is 373 g/mol. The van der Waals surface area contributed by atoms with E-state index >= 15 is 0 Å². The zero-order valence-corrected chi connectivity index (χ0v) is 13.9. The van der Waals surface area contributed by atoms with Gasteiger partial charge in [-0.15, -0.1) is 16.4 Å². The molecule has 0 fully saturated rings. The Kier molecular flexibility index (Phi) is 3.71. The highest BCUT2D eigenvalue weighted by Gasteiger charge is 2.14. The number of nitrogens with one attached hydrogen (secondary N) is 1. The van der Waals surface area contributed by atoms with Crippen LogP contribution in [0.5, 0.6) is 0 Å². The van der Waals surface area contributed by atoms with Gasteiger partial charge in [-0.25, -0.2) is 13.9 Å². The van der Waals surface area contributed by atoms with Crippen molar-refractivity contribution in [2.24, 2.45) is 0 Å². The number of thiophene rings is 1. The van der Waals surface area contributed by atoms with Gasteiger partial charge in [0, 0.05) is 21.5 Å². The molecule has 0 amide bonds. The lowest BCUT2D eigenvalue weighted by molar-refractivity contribution is 0.593. The second-order valence-corrected chi connectivity index (χ2v) is 6.78. The van der Waals surface area contributed by atoms with E-state index in [2.05, 4.69) is 15.4 Å². The molecule has 0 aliphatic carbocycles. The van der Waals surface area contributed by atoms with Crippen molar-refractivity contribution in [2.75, 3.05) is 0 Å². The van der Waals surface area contributed by atoms with E-state index < -0.39 is 11.6 Å². The Bertz CT molecular complexity index is 1160. The van der Waals surface area contributed by atoms with E-state index in [1.807, 2.05) is 6.07 Å². The van der Waals surface area contributed by atoms with Gasteiger partial charge in [-0.05, 0) is 41.3 Å². The smallest absolute Gasteiger partial charge is 0.163 e. The number of H-pyrrole nitrogens is 1. The maximum Gasteiger partial charge on any atom is 0.163 e. The largest absolute Gasteiger partial charge is 0.247 e. The van der Waals surface area contributed by atoms with Gasteiger partial charge in [-0.1, -0.05) is 16.8 Å². The summed E-state index contributed by atoms with van der Waals surface area (Å²) in [7, 11) is 0. The quantitative estimate of drug-likeness (QED) is 0.528. The Morgan fingerprint density at radius 2 is 1.88 bits per heavy atom. The molecule has 2 aromatic heterocycles. The molecule has 25 heavy (non-hydrogen) atoms. The Morgan fingerprint density at radius 1 is 1.08 bits per heavy atom. The predicted octanol–water partition coefficient (Wildman–Crippen LogP) is 5.16. The van der Waals surface area contributed by atoms with Crippen LogP contribution in [0.15, 0.2) is 36.4 Å². The summed E-state index contributed by atoms with van der Waals surface area (Å²) in [4.78, 5) is 0.727. The second-order valence-electron chi connectivity index (χ2n) is 5.29. The Hall–Kier alpha value is -2.82. The molecule has 0 saturated carbocycles. The first-order chi connectivity index (χ1) is 12.0. The molecule has 0 aliphatic heterocycles. The van der Waals surface area contributed by atoms with Crippen molar-refractivity contribution >= 4 is 33.0 Å². The van der Waals surface area contributed by atoms with E-state index in [-0.39, 0.29) is 5.69 Å². The van der Waals surface area contributed by atoms with Crippen molar-refractivity contribution in [2.45, 2.75) is 0 Å². The van der Waals surface area contributed by atoms with E-state index in [0.717, 1.165) is 16.5 Å². The predicted molar refractivity (Wildman–Crippen MR) is 92.3 cm³/mol. The summed E-state index contributed by atoms with van der Waals surface area (Å²) in [5.74, 6) is -1.22. The minimum Gasteiger partial charge on any atom is -0.247 e. The standard InChI is InChI=1S/C17H7ClF2N4S/c18-11-2-8(1-9(3-11)16-14(7-21)22-24-23-16)15-5-10-4-12(19)6-13(20)17(10)25-15/h1-6H,(H,22,23,24). The van der Waals surface area contributed by atoms with Crippen LogP contribution < -0.4 is 0 Å². The van der Waals surface area contributed by atoms with Gasteiger partial charge in [0.15, 0.2) is 5.69 Å². The fourth-order valence-electron chi connectivity index (χ4n) is 2.59. The highest BCUT2D eigenvalue weighted by atomic mass is 35.5. The van der Waals surface area contributed by atoms with Crippen molar-refractivity contribution < 1.29 is 8.78 Å².